The lowest BCUT2D eigenvalue weighted by Gasteiger charge is -2.42. The lowest BCUT2D eigenvalue weighted by Crippen LogP contribution is -2.53. The number of hydrogen-bond donors (Lipinski definition) is 2. The van der Waals surface area contributed by atoms with Gasteiger partial charge in [0, 0.05) is 37.4 Å². The molecular formula is C16H23N3O. The molecule has 2 aliphatic heterocycles. The third kappa shape index (κ3) is 1.93. The van der Waals surface area contributed by atoms with Crippen LogP contribution in [0.3, 0.4) is 0 Å². The number of hydrogen-bond acceptors (Lipinski definition) is 4. The van der Waals surface area contributed by atoms with Gasteiger partial charge in [0.15, 0.2) is 0 Å². The average Bonchev–Trinajstić information content (AvgIpc) is 2.44. The van der Waals surface area contributed by atoms with Gasteiger partial charge in [0.1, 0.15) is 5.82 Å². The van der Waals surface area contributed by atoms with Gasteiger partial charge in [-0.05, 0) is 43.2 Å². The standard InChI is InChI=1S/C16H23N3O/c20-15(11-2-1-3-11)13-6-7-18-16-14(13)5-4-12-10-17-8-9-19(12)16/h6-7,11-12,15,17,20H,1-5,8-10H2. The highest BCUT2D eigenvalue weighted by molar-refractivity contribution is 5.55. The van der Waals surface area contributed by atoms with Crippen LogP contribution in [0.2, 0.25) is 0 Å². The second-order valence-corrected chi connectivity index (χ2v) is 6.43. The Balaban J connectivity index is 1.69. The molecular weight excluding hydrogens is 250 g/mol. The molecule has 4 rings (SSSR count). The molecule has 0 spiro atoms. The fraction of sp³-hybridized carbons (Fsp3) is 0.688. The van der Waals surface area contributed by atoms with E-state index in [1.807, 2.05) is 12.3 Å². The van der Waals surface area contributed by atoms with Crippen molar-refractivity contribution in [2.24, 2.45) is 5.92 Å². The molecule has 4 heteroatoms. The van der Waals surface area contributed by atoms with E-state index in [2.05, 4.69) is 15.2 Å². The molecule has 4 nitrogen and oxygen atoms in total. The van der Waals surface area contributed by atoms with Crippen LogP contribution in [0.15, 0.2) is 12.3 Å². The number of fused-ring (bicyclic) bond motifs is 3. The molecule has 0 amide bonds. The zero-order chi connectivity index (χ0) is 13.5. The number of anilines is 1. The Labute approximate surface area is 120 Å². The van der Waals surface area contributed by atoms with Crippen molar-refractivity contribution in [3.8, 4) is 0 Å². The first kappa shape index (κ1) is 12.6. The molecule has 2 N–H and O–H groups in total. The Morgan fingerprint density at radius 1 is 1.35 bits per heavy atom. The average molecular weight is 273 g/mol. The first-order valence-corrected chi connectivity index (χ1v) is 7.98. The molecule has 2 unspecified atom stereocenters. The van der Waals surface area contributed by atoms with Crippen molar-refractivity contribution in [3.05, 3.63) is 23.4 Å². The molecule has 3 aliphatic rings. The van der Waals surface area contributed by atoms with E-state index >= 15 is 0 Å². The Morgan fingerprint density at radius 2 is 2.25 bits per heavy atom. The summed E-state index contributed by atoms with van der Waals surface area (Å²) in [7, 11) is 0. The second kappa shape index (κ2) is 5.01. The molecule has 1 saturated heterocycles. The van der Waals surface area contributed by atoms with Crippen molar-refractivity contribution >= 4 is 5.82 Å². The summed E-state index contributed by atoms with van der Waals surface area (Å²) in [5.74, 6) is 1.61. The van der Waals surface area contributed by atoms with Gasteiger partial charge in [-0.15, -0.1) is 0 Å². The second-order valence-electron chi connectivity index (χ2n) is 6.43. The number of nitrogens with one attached hydrogen (secondary N) is 1. The normalized spacial score (nSPS) is 27.4. The van der Waals surface area contributed by atoms with Gasteiger partial charge in [-0.25, -0.2) is 4.98 Å². The number of piperazine rings is 1. The molecule has 0 bridgehead atoms. The molecule has 0 radical (unpaired) electrons. The fourth-order valence-electron chi connectivity index (χ4n) is 3.89. The van der Waals surface area contributed by atoms with E-state index < -0.39 is 0 Å². The van der Waals surface area contributed by atoms with Crippen molar-refractivity contribution in [2.45, 2.75) is 44.2 Å². The molecule has 1 aromatic heterocycles. The Hall–Kier alpha value is -1.13. The van der Waals surface area contributed by atoms with Crippen molar-refractivity contribution in [2.75, 3.05) is 24.5 Å². The third-order valence-electron chi connectivity index (χ3n) is 5.33. The summed E-state index contributed by atoms with van der Waals surface area (Å²) in [6.07, 6.45) is 7.47. The van der Waals surface area contributed by atoms with Crippen molar-refractivity contribution in [3.63, 3.8) is 0 Å². The smallest absolute Gasteiger partial charge is 0.132 e. The predicted molar refractivity (Wildman–Crippen MR) is 78.9 cm³/mol. The maximum absolute atomic E-state index is 10.6. The van der Waals surface area contributed by atoms with Crippen LogP contribution in [0.4, 0.5) is 5.82 Å². The SMILES string of the molecule is OC(c1ccnc2c1CCC1CNCCN21)C1CCC1. The van der Waals surface area contributed by atoms with Gasteiger partial charge in [0.2, 0.25) is 0 Å². The zero-order valence-electron chi connectivity index (χ0n) is 11.9. The van der Waals surface area contributed by atoms with Crippen LogP contribution in [0.25, 0.3) is 0 Å². The minimum atomic E-state index is -0.278. The van der Waals surface area contributed by atoms with Crippen molar-refractivity contribution < 1.29 is 5.11 Å². The lowest BCUT2D eigenvalue weighted by molar-refractivity contribution is 0.0612. The molecule has 2 atom stereocenters. The van der Waals surface area contributed by atoms with E-state index in [4.69, 9.17) is 0 Å². The summed E-state index contributed by atoms with van der Waals surface area (Å²) in [5, 5.41) is 14.1. The fourth-order valence-corrected chi connectivity index (χ4v) is 3.89. The number of aliphatic hydroxyl groups excluding tert-OH is 1. The first-order chi connectivity index (χ1) is 9.84. The maximum Gasteiger partial charge on any atom is 0.132 e. The third-order valence-corrected chi connectivity index (χ3v) is 5.33. The molecule has 0 aromatic carbocycles. The Kier molecular flexibility index (Phi) is 3.15. The number of rotatable bonds is 2. The number of aromatic nitrogens is 1. The number of aliphatic hydroxyl groups is 1. The van der Waals surface area contributed by atoms with Gasteiger partial charge in [0.05, 0.1) is 6.10 Å². The van der Waals surface area contributed by atoms with Crippen molar-refractivity contribution in [1.29, 1.82) is 0 Å². The zero-order valence-corrected chi connectivity index (χ0v) is 11.9. The maximum atomic E-state index is 10.6. The van der Waals surface area contributed by atoms with Gasteiger partial charge in [-0.3, -0.25) is 0 Å². The molecule has 2 fully saturated rings. The van der Waals surface area contributed by atoms with Crippen LogP contribution in [0, 0.1) is 5.92 Å². The van der Waals surface area contributed by atoms with Crippen LogP contribution in [-0.2, 0) is 6.42 Å². The molecule has 1 saturated carbocycles. The molecule has 108 valence electrons. The highest BCUT2D eigenvalue weighted by Gasteiger charge is 2.34. The summed E-state index contributed by atoms with van der Waals surface area (Å²) in [6, 6.07) is 2.63. The van der Waals surface area contributed by atoms with E-state index in [-0.39, 0.29) is 6.10 Å². The van der Waals surface area contributed by atoms with Crippen LogP contribution >= 0.6 is 0 Å². The largest absolute Gasteiger partial charge is 0.388 e. The Bertz CT molecular complexity index is 486. The van der Waals surface area contributed by atoms with E-state index in [1.165, 1.54) is 31.2 Å². The van der Waals surface area contributed by atoms with Crippen LogP contribution in [0.5, 0.6) is 0 Å². The molecule has 20 heavy (non-hydrogen) atoms. The summed E-state index contributed by atoms with van der Waals surface area (Å²) in [4.78, 5) is 7.09. The lowest BCUT2D eigenvalue weighted by atomic mass is 9.77. The van der Waals surface area contributed by atoms with Gasteiger partial charge in [-0.1, -0.05) is 6.42 Å². The Morgan fingerprint density at radius 3 is 3.05 bits per heavy atom. The van der Waals surface area contributed by atoms with Crippen LogP contribution in [0.1, 0.15) is 42.9 Å². The number of nitrogens with zero attached hydrogens (tertiary/aromatic N) is 2. The summed E-state index contributed by atoms with van der Waals surface area (Å²) in [5.41, 5.74) is 2.46. The van der Waals surface area contributed by atoms with Gasteiger partial charge >= 0.3 is 0 Å². The summed E-state index contributed by atoms with van der Waals surface area (Å²) < 4.78 is 0. The van der Waals surface area contributed by atoms with Gasteiger partial charge < -0.3 is 15.3 Å². The molecule has 3 heterocycles. The minimum absolute atomic E-state index is 0.278. The van der Waals surface area contributed by atoms with E-state index in [0.717, 1.165) is 37.4 Å². The van der Waals surface area contributed by atoms with Crippen LogP contribution in [-0.4, -0.2) is 35.8 Å². The monoisotopic (exact) mass is 273 g/mol. The summed E-state index contributed by atoms with van der Waals surface area (Å²) >= 11 is 0. The summed E-state index contributed by atoms with van der Waals surface area (Å²) in [6.45, 7) is 3.14. The highest BCUT2D eigenvalue weighted by Crippen LogP contribution is 2.41. The van der Waals surface area contributed by atoms with Crippen LogP contribution < -0.4 is 10.2 Å². The van der Waals surface area contributed by atoms with E-state index in [9.17, 15) is 5.11 Å². The quantitative estimate of drug-likeness (QED) is 0.860. The topological polar surface area (TPSA) is 48.4 Å². The molecule has 1 aromatic rings. The first-order valence-electron chi connectivity index (χ1n) is 7.98. The number of pyridine rings is 1. The van der Waals surface area contributed by atoms with Gasteiger partial charge in [-0.2, -0.15) is 0 Å². The van der Waals surface area contributed by atoms with E-state index in [0.29, 0.717) is 12.0 Å². The highest BCUT2D eigenvalue weighted by atomic mass is 16.3. The minimum Gasteiger partial charge on any atom is -0.388 e. The van der Waals surface area contributed by atoms with Gasteiger partial charge in [0.25, 0.3) is 0 Å². The van der Waals surface area contributed by atoms with E-state index in [1.54, 1.807) is 0 Å². The predicted octanol–water partition coefficient (Wildman–Crippen LogP) is 1.64. The molecule has 1 aliphatic carbocycles. The van der Waals surface area contributed by atoms with Crippen molar-refractivity contribution in [1.82, 2.24) is 10.3 Å².